The average Bonchev–Trinajstić information content (AvgIpc) is 1.84. The number of alkyl halides is 1. The normalized spacial score (nSPS) is 36.4. The van der Waals surface area contributed by atoms with Crippen LogP contribution in [0.3, 0.4) is 0 Å². The monoisotopic (exact) mass is 162 g/mol. The van der Waals surface area contributed by atoms with E-state index in [0.717, 1.165) is 0 Å². The summed E-state index contributed by atoms with van der Waals surface area (Å²) in [6.07, 6.45) is -0.201. The maximum Gasteiger partial charge on any atom is 0.341 e. The van der Waals surface area contributed by atoms with Crippen LogP contribution in [0.4, 0.5) is 4.39 Å². The third-order valence-electron chi connectivity index (χ3n) is 1.89. The van der Waals surface area contributed by atoms with E-state index in [4.69, 9.17) is 9.84 Å². The Morgan fingerprint density at radius 3 is 2.73 bits per heavy atom. The Hall–Kier alpha value is -0.640. The number of rotatable bonds is 3. The van der Waals surface area contributed by atoms with E-state index in [1.165, 1.54) is 0 Å². The fraction of sp³-hybridized carbons (Fsp3) is 0.857. The molecule has 0 amide bonds. The van der Waals surface area contributed by atoms with Crippen molar-refractivity contribution < 1.29 is 19.0 Å². The molecule has 1 saturated carbocycles. The van der Waals surface area contributed by atoms with Gasteiger partial charge < -0.3 is 9.84 Å². The lowest BCUT2D eigenvalue weighted by molar-refractivity contribution is -0.170. The summed E-state index contributed by atoms with van der Waals surface area (Å²) >= 11 is 0. The van der Waals surface area contributed by atoms with Crippen LogP contribution in [0.2, 0.25) is 0 Å². The van der Waals surface area contributed by atoms with E-state index in [9.17, 15) is 9.18 Å². The Morgan fingerprint density at radius 1 is 1.82 bits per heavy atom. The zero-order chi connectivity index (χ0) is 8.48. The van der Waals surface area contributed by atoms with Crippen LogP contribution in [-0.4, -0.2) is 29.5 Å². The van der Waals surface area contributed by atoms with Crippen LogP contribution in [0.1, 0.15) is 19.8 Å². The number of hydrogen-bond acceptors (Lipinski definition) is 2. The van der Waals surface area contributed by atoms with Crippen LogP contribution < -0.4 is 0 Å². The highest BCUT2D eigenvalue weighted by Gasteiger charge is 2.51. The minimum absolute atomic E-state index is 0.00380. The summed E-state index contributed by atoms with van der Waals surface area (Å²) in [5, 5.41) is 8.35. The first-order valence-electron chi connectivity index (χ1n) is 3.62. The summed E-state index contributed by atoms with van der Waals surface area (Å²) in [4.78, 5) is 10.2. The highest BCUT2D eigenvalue weighted by Crippen LogP contribution is 2.38. The minimum atomic E-state index is -2.01. The second-order valence-electron chi connectivity index (χ2n) is 2.76. The van der Waals surface area contributed by atoms with E-state index in [2.05, 4.69) is 0 Å². The van der Waals surface area contributed by atoms with Crippen molar-refractivity contribution in [2.45, 2.75) is 31.5 Å². The second kappa shape index (κ2) is 2.77. The van der Waals surface area contributed by atoms with Crippen molar-refractivity contribution in [1.82, 2.24) is 0 Å². The quantitative estimate of drug-likeness (QED) is 0.672. The first kappa shape index (κ1) is 8.46. The second-order valence-corrected chi connectivity index (χ2v) is 2.76. The zero-order valence-corrected chi connectivity index (χ0v) is 6.34. The lowest BCUT2D eigenvalue weighted by atomic mass is 9.79. The van der Waals surface area contributed by atoms with Crippen LogP contribution in [-0.2, 0) is 9.53 Å². The molecule has 64 valence electrons. The third-order valence-corrected chi connectivity index (χ3v) is 1.89. The van der Waals surface area contributed by atoms with Crippen LogP contribution in [0.15, 0.2) is 0 Å². The fourth-order valence-corrected chi connectivity index (χ4v) is 1.19. The number of halogens is 1. The van der Waals surface area contributed by atoms with Gasteiger partial charge in [-0.2, -0.15) is 0 Å². The van der Waals surface area contributed by atoms with Gasteiger partial charge in [-0.3, -0.25) is 0 Å². The standard InChI is InChI=1S/C7H11FO3/c1-2-11-5-3-7(8,4-5)6(9)10/h5H,2-4H2,1H3,(H,9,10). The molecule has 0 aromatic carbocycles. The zero-order valence-electron chi connectivity index (χ0n) is 6.34. The molecule has 0 bridgehead atoms. The van der Waals surface area contributed by atoms with Gasteiger partial charge in [0.1, 0.15) is 0 Å². The summed E-state index contributed by atoms with van der Waals surface area (Å²) in [5.41, 5.74) is -2.01. The molecule has 0 aromatic heterocycles. The van der Waals surface area contributed by atoms with Crippen LogP contribution in [0.5, 0.6) is 0 Å². The van der Waals surface area contributed by atoms with Crippen molar-refractivity contribution >= 4 is 5.97 Å². The SMILES string of the molecule is CCOC1CC(F)(C(=O)O)C1. The molecular formula is C7H11FO3. The molecule has 0 atom stereocenters. The van der Waals surface area contributed by atoms with E-state index < -0.39 is 11.6 Å². The summed E-state index contributed by atoms with van der Waals surface area (Å²) in [5.74, 6) is -1.37. The molecule has 0 heterocycles. The highest BCUT2D eigenvalue weighted by atomic mass is 19.1. The van der Waals surface area contributed by atoms with Crippen molar-refractivity contribution in [3.05, 3.63) is 0 Å². The van der Waals surface area contributed by atoms with Crippen LogP contribution in [0.25, 0.3) is 0 Å². The van der Waals surface area contributed by atoms with Crippen molar-refractivity contribution in [3.63, 3.8) is 0 Å². The highest BCUT2D eigenvalue weighted by molar-refractivity contribution is 5.78. The van der Waals surface area contributed by atoms with Gasteiger partial charge in [-0.05, 0) is 6.92 Å². The molecule has 0 unspecified atom stereocenters. The molecular weight excluding hydrogens is 151 g/mol. The number of carboxylic acids is 1. The molecule has 1 rings (SSSR count). The summed E-state index contributed by atoms with van der Waals surface area (Å²) in [6.45, 7) is 2.32. The van der Waals surface area contributed by atoms with Gasteiger partial charge in [0.25, 0.3) is 0 Å². The number of ether oxygens (including phenoxy) is 1. The largest absolute Gasteiger partial charge is 0.479 e. The fourth-order valence-electron chi connectivity index (χ4n) is 1.19. The predicted molar refractivity (Wildman–Crippen MR) is 36.1 cm³/mol. The molecule has 0 aliphatic heterocycles. The maximum absolute atomic E-state index is 12.9. The van der Waals surface area contributed by atoms with Crippen molar-refractivity contribution in [3.8, 4) is 0 Å². The van der Waals surface area contributed by atoms with Crippen LogP contribution in [0, 0.1) is 0 Å². The molecule has 0 radical (unpaired) electrons. The van der Waals surface area contributed by atoms with Crippen LogP contribution >= 0.6 is 0 Å². The van der Waals surface area contributed by atoms with E-state index >= 15 is 0 Å². The van der Waals surface area contributed by atoms with E-state index in [0.29, 0.717) is 6.61 Å². The number of aliphatic carboxylic acids is 1. The maximum atomic E-state index is 12.9. The molecule has 0 saturated heterocycles. The van der Waals surface area contributed by atoms with Gasteiger partial charge in [0.05, 0.1) is 6.10 Å². The smallest absolute Gasteiger partial charge is 0.341 e. The lowest BCUT2D eigenvalue weighted by Gasteiger charge is -2.37. The van der Waals surface area contributed by atoms with Gasteiger partial charge in [0.2, 0.25) is 5.67 Å². The summed E-state index contributed by atoms with van der Waals surface area (Å²) in [6, 6.07) is 0. The van der Waals surface area contributed by atoms with E-state index in [1.54, 1.807) is 6.92 Å². The van der Waals surface area contributed by atoms with E-state index in [1.807, 2.05) is 0 Å². The van der Waals surface area contributed by atoms with Gasteiger partial charge in [-0.1, -0.05) is 0 Å². The summed E-state index contributed by atoms with van der Waals surface area (Å²) in [7, 11) is 0. The average molecular weight is 162 g/mol. The molecule has 1 fully saturated rings. The van der Waals surface area contributed by atoms with Crippen molar-refractivity contribution in [1.29, 1.82) is 0 Å². The number of carboxylic acid groups (broad SMARTS) is 1. The van der Waals surface area contributed by atoms with E-state index in [-0.39, 0.29) is 18.9 Å². The van der Waals surface area contributed by atoms with Gasteiger partial charge in [0.15, 0.2) is 0 Å². The van der Waals surface area contributed by atoms with Gasteiger partial charge in [-0.25, -0.2) is 9.18 Å². The molecule has 4 heteroatoms. The topological polar surface area (TPSA) is 46.5 Å². The van der Waals surface area contributed by atoms with Crippen molar-refractivity contribution in [2.75, 3.05) is 6.61 Å². The minimum Gasteiger partial charge on any atom is -0.479 e. The van der Waals surface area contributed by atoms with Gasteiger partial charge >= 0.3 is 5.97 Å². The van der Waals surface area contributed by atoms with Crippen molar-refractivity contribution in [2.24, 2.45) is 0 Å². The first-order chi connectivity index (χ1) is 5.08. The first-order valence-corrected chi connectivity index (χ1v) is 3.62. The Balaban J connectivity index is 2.32. The Bertz CT molecular complexity index is 163. The molecule has 0 aromatic rings. The summed E-state index contributed by atoms with van der Waals surface area (Å²) < 4.78 is 17.9. The molecule has 3 nitrogen and oxygen atoms in total. The molecule has 1 aliphatic rings. The predicted octanol–water partition coefficient (Wildman–Crippen LogP) is 0.978. The molecule has 0 spiro atoms. The van der Waals surface area contributed by atoms with Gasteiger partial charge in [0, 0.05) is 19.4 Å². The Kier molecular flexibility index (Phi) is 2.13. The number of carbonyl (C=O) groups is 1. The molecule has 1 aliphatic carbocycles. The molecule has 1 N–H and O–H groups in total. The third kappa shape index (κ3) is 1.50. The van der Waals surface area contributed by atoms with Gasteiger partial charge in [-0.15, -0.1) is 0 Å². The number of hydrogen-bond donors (Lipinski definition) is 1. The lowest BCUT2D eigenvalue weighted by Crippen LogP contribution is -2.50. The Labute approximate surface area is 64.2 Å². The Morgan fingerprint density at radius 2 is 2.36 bits per heavy atom. The molecule has 11 heavy (non-hydrogen) atoms.